The molecular formula is C10H17N3O. The smallest absolute Gasteiger partial charge is 0.270 e. The van der Waals surface area contributed by atoms with Gasteiger partial charge in [0, 0.05) is 23.3 Å². The van der Waals surface area contributed by atoms with Gasteiger partial charge in [-0.3, -0.25) is 14.6 Å². The van der Waals surface area contributed by atoms with E-state index in [4.69, 9.17) is 5.73 Å². The van der Waals surface area contributed by atoms with E-state index in [0.717, 1.165) is 30.5 Å². The zero-order valence-electron chi connectivity index (χ0n) is 8.71. The van der Waals surface area contributed by atoms with Crippen molar-refractivity contribution in [3.8, 4) is 0 Å². The molecule has 0 aromatic carbocycles. The lowest BCUT2D eigenvalue weighted by molar-refractivity contribution is 0.510. The van der Waals surface area contributed by atoms with Crippen LogP contribution in [0.5, 0.6) is 0 Å². The fraction of sp³-hybridized carbons (Fsp3) is 0.700. The van der Waals surface area contributed by atoms with Crippen LogP contribution in [0.1, 0.15) is 37.6 Å². The maximum absolute atomic E-state index is 11.9. The molecule has 0 fully saturated rings. The minimum Gasteiger partial charge on any atom is -0.327 e. The number of hydrogen-bond donors (Lipinski definition) is 2. The van der Waals surface area contributed by atoms with Gasteiger partial charge in [0.1, 0.15) is 0 Å². The summed E-state index contributed by atoms with van der Waals surface area (Å²) in [7, 11) is 0. The van der Waals surface area contributed by atoms with Crippen LogP contribution in [0.3, 0.4) is 0 Å². The monoisotopic (exact) mass is 195 g/mol. The molecule has 4 nitrogen and oxygen atoms in total. The van der Waals surface area contributed by atoms with E-state index in [2.05, 4.69) is 5.10 Å². The van der Waals surface area contributed by atoms with Gasteiger partial charge in [-0.1, -0.05) is 0 Å². The number of H-pyrrole nitrogens is 1. The predicted molar refractivity (Wildman–Crippen MR) is 55.4 cm³/mol. The zero-order chi connectivity index (χ0) is 10.3. The Hall–Kier alpha value is -1.03. The number of rotatable bonds is 1. The van der Waals surface area contributed by atoms with Gasteiger partial charge in [0.05, 0.1) is 0 Å². The van der Waals surface area contributed by atoms with Crippen molar-refractivity contribution in [3.63, 3.8) is 0 Å². The summed E-state index contributed by atoms with van der Waals surface area (Å²) in [4.78, 5) is 11.9. The van der Waals surface area contributed by atoms with Crippen molar-refractivity contribution in [2.75, 3.05) is 0 Å². The van der Waals surface area contributed by atoms with Crippen molar-refractivity contribution in [1.82, 2.24) is 9.78 Å². The number of aromatic nitrogens is 2. The molecule has 2 rings (SSSR count). The third-order valence-electron chi connectivity index (χ3n) is 2.84. The minimum atomic E-state index is 0.116. The van der Waals surface area contributed by atoms with Crippen molar-refractivity contribution >= 4 is 0 Å². The number of hydrogen-bond acceptors (Lipinski definition) is 2. The molecule has 1 aromatic heterocycles. The number of nitrogens with zero attached hydrogens (tertiary/aromatic N) is 1. The fourth-order valence-corrected chi connectivity index (χ4v) is 2.01. The lowest BCUT2D eigenvalue weighted by atomic mass is 9.94. The molecule has 0 aliphatic heterocycles. The normalized spacial score (nSPS) is 21.3. The number of aryl methyl sites for hydroxylation is 1. The maximum atomic E-state index is 11.9. The largest absolute Gasteiger partial charge is 0.327 e. The predicted octanol–water partition coefficient (Wildman–Crippen LogP) is 0.573. The van der Waals surface area contributed by atoms with Crippen molar-refractivity contribution < 1.29 is 0 Å². The first-order valence-electron chi connectivity index (χ1n) is 5.17. The van der Waals surface area contributed by atoms with Crippen LogP contribution < -0.4 is 11.3 Å². The van der Waals surface area contributed by atoms with E-state index in [9.17, 15) is 4.79 Å². The van der Waals surface area contributed by atoms with E-state index in [0.29, 0.717) is 0 Å². The summed E-state index contributed by atoms with van der Waals surface area (Å²) in [6, 6.07) is 0.357. The van der Waals surface area contributed by atoms with Crippen LogP contribution in [0.4, 0.5) is 0 Å². The van der Waals surface area contributed by atoms with Gasteiger partial charge in [-0.2, -0.15) is 0 Å². The molecule has 1 heterocycles. The standard InChI is InChI=1S/C10H17N3O/c1-6(2)13-10(14)8-5-7(11)3-4-9(8)12-13/h6-7,12H,3-5,11H2,1-2H3. The Morgan fingerprint density at radius 1 is 1.57 bits per heavy atom. The first-order chi connectivity index (χ1) is 6.59. The van der Waals surface area contributed by atoms with E-state index in [-0.39, 0.29) is 17.6 Å². The average molecular weight is 195 g/mol. The minimum absolute atomic E-state index is 0.116. The van der Waals surface area contributed by atoms with Gasteiger partial charge in [0.2, 0.25) is 0 Å². The Balaban J connectivity index is 2.47. The summed E-state index contributed by atoms with van der Waals surface area (Å²) < 4.78 is 1.70. The number of fused-ring (bicyclic) bond motifs is 1. The first kappa shape index (κ1) is 9.52. The van der Waals surface area contributed by atoms with E-state index in [1.807, 2.05) is 13.8 Å². The Bertz CT molecular complexity index is 389. The van der Waals surface area contributed by atoms with Crippen molar-refractivity contribution in [1.29, 1.82) is 0 Å². The van der Waals surface area contributed by atoms with Gasteiger partial charge in [0.15, 0.2) is 0 Å². The average Bonchev–Trinajstić information content (AvgIpc) is 2.44. The van der Waals surface area contributed by atoms with Crippen molar-refractivity contribution in [2.45, 2.75) is 45.2 Å². The Morgan fingerprint density at radius 2 is 2.29 bits per heavy atom. The van der Waals surface area contributed by atoms with Gasteiger partial charge in [-0.05, 0) is 33.1 Å². The molecule has 0 spiro atoms. The topological polar surface area (TPSA) is 63.8 Å². The number of nitrogens with two attached hydrogens (primary N) is 1. The molecule has 1 unspecified atom stereocenters. The lowest BCUT2D eigenvalue weighted by Crippen LogP contribution is -2.31. The van der Waals surface area contributed by atoms with Crippen LogP contribution in [-0.2, 0) is 12.8 Å². The molecule has 0 bridgehead atoms. The molecule has 1 aliphatic carbocycles. The van der Waals surface area contributed by atoms with Crippen LogP contribution in [0, 0.1) is 0 Å². The second kappa shape index (κ2) is 3.28. The van der Waals surface area contributed by atoms with Gasteiger partial charge >= 0.3 is 0 Å². The molecule has 78 valence electrons. The summed E-state index contributed by atoms with van der Waals surface area (Å²) in [6.45, 7) is 4.01. The van der Waals surface area contributed by atoms with Crippen LogP contribution in [0.25, 0.3) is 0 Å². The molecule has 0 saturated heterocycles. The van der Waals surface area contributed by atoms with Crippen molar-refractivity contribution in [3.05, 3.63) is 21.6 Å². The first-order valence-corrected chi connectivity index (χ1v) is 5.17. The van der Waals surface area contributed by atoms with Crippen molar-refractivity contribution in [2.24, 2.45) is 5.73 Å². The summed E-state index contributed by atoms with van der Waals surface area (Å²) >= 11 is 0. The molecule has 1 aliphatic rings. The molecule has 0 saturated carbocycles. The van der Waals surface area contributed by atoms with E-state index in [1.54, 1.807) is 4.68 Å². The van der Waals surface area contributed by atoms with Crippen LogP contribution >= 0.6 is 0 Å². The molecule has 3 N–H and O–H groups in total. The highest BCUT2D eigenvalue weighted by Crippen LogP contribution is 2.16. The molecule has 14 heavy (non-hydrogen) atoms. The second-order valence-corrected chi connectivity index (χ2v) is 4.34. The molecule has 0 radical (unpaired) electrons. The molecule has 1 atom stereocenters. The Morgan fingerprint density at radius 3 is 2.93 bits per heavy atom. The maximum Gasteiger partial charge on any atom is 0.270 e. The summed E-state index contributed by atoms with van der Waals surface area (Å²) in [5, 5.41) is 3.17. The second-order valence-electron chi connectivity index (χ2n) is 4.34. The van der Waals surface area contributed by atoms with Crippen LogP contribution in [0.2, 0.25) is 0 Å². The van der Waals surface area contributed by atoms with Gasteiger partial charge in [-0.25, -0.2) is 0 Å². The van der Waals surface area contributed by atoms with E-state index in [1.165, 1.54) is 0 Å². The highest BCUT2D eigenvalue weighted by Gasteiger charge is 2.22. The third-order valence-corrected chi connectivity index (χ3v) is 2.84. The lowest BCUT2D eigenvalue weighted by Gasteiger charge is -2.15. The zero-order valence-corrected chi connectivity index (χ0v) is 8.71. The Labute approximate surface area is 83.1 Å². The van der Waals surface area contributed by atoms with Crippen LogP contribution in [0.15, 0.2) is 4.79 Å². The third kappa shape index (κ3) is 1.39. The Kier molecular flexibility index (Phi) is 2.23. The summed E-state index contributed by atoms with van der Waals surface area (Å²) in [5.41, 5.74) is 7.95. The van der Waals surface area contributed by atoms with E-state index >= 15 is 0 Å². The highest BCUT2D eigenvalue weighted by atomic mass is 16.1. The molecular weight excluding hydrogens is 178 g/mol. The molecule has 0 amide bonds. The highest BCUT2D eigenvalue weighted by molar-refractivity contribution is 5.22. The van der Waals surface area contributed by atoms with Crippen LogP contribution in [-0.4, -0.2) is 15.8 Å². The molecule has 4 heteroatoms. The summed E-state index contributed by atoms with van der Waals surface area (Å²) in [5.74, 6) is 0. The van der Waals surface area contributed by atoms with Gasteiger partial charge in [-0.15, -0.1) is 0 Å². The summed E-state index contributed by atoms with van der Waals surface area (Å²) in [6.07, 6.45) is 2.61. The number of aromatic amines is 1. The van der Waals surface area contributed by atoms with Gasteiger partial charge in [0.25, 0.3) is 5.56 Å². The molecule has 1 aromatic rings. The van der Waals surface area contributed by atoms with Gasteiger partial charge < -0.3 is 5.73 Å². The fourth-order valence-electron chi connectivity index (χ4n) is 2.01. The number of nitrogens with one attached hydrogen (secondary N) is 1. The quantitative estimate of drug-likeness (QED) is 0.688. The van der Waals surface area contributed by atoms with E-state index < -0.39 is 0 Å². The SMILES string of the molecule is CC(C)n1[nH]c2c(c1=O)CC(N)CC2.